The summed E-state index contributed by atoms with van der Waals surface area (Å²) in [6.45, 7) is 8.83. The van der Waals surface area contributed by atoms with Crippen LogP contribution in [0.1, 0.15) is 49.5 Å². The highest BCUT2D eigenvalue weighted by Gasteiger charge is 2.11. The van der Waals surface area contributed by atoms with Gasteiger partial charge in [-0.25, -0.2) is 4.79 Å². The summed E-state index contributed by atoms with van der Waals surface area (Å²) in [5.74, 6) is 0.871. The van der Waals surface area contributed by atoms with Crippen LogP contribution in [0.2, 0.25) is 0 Å². The molecule has 0 heterocycles. The van der Waals surface area contributed by atoms with Crippen molar-refractivity contribution in [3.63, 3.8) is 0 Å². The van der Waals surface area contributed by atoms with Crippen molar-refractivity contribution in [3.8, 4) is 0 Å². The van der Waals surface area contributed by atoms with Gasteiger partial charge in [0.25, 0.3) is 0 Å². The fraction of sp³-hybridized carbons (Fsp3) is 0.500. The lowest BCUT2D eigenvalue weighted by Gasteiger charge is -2.15. The van der Waals surface area contributed by atoms with Gasteiger partial charge in [0.05, 0.1) is 12.2 Å². The Morgan fingerprint density at radius 2 is 1.75 bits per heavy atom. The number of esters is 1. The van der Waals surface area contributed by atoms with E-state index in [1.54, 1.807) is 0 Å². The molecule has 0 radical (unpaired) electrons. The van der Waals surface area contributed by atoms with E-state index in [2.05, 4.69) is 20.8 Å². The van der Waals surface area contributed by atoms with Crippen LogP contribution in [0.5, 0.6) is 0 Å². The number of rotatable bonds is 4. The Morgan fingerprint density at radius 1 is 1.19 bits per heavy atom. The Balaban J connectivity index is 2.79. The maximum Gasteiger partial charge on any atom is 0.338 e. The van der Waals surface area contributed by atoms with Crippen LogP contribution in [-0.2, 0) is 4.74 Å². The molecule has 1 atom stereocenters. The summed E-state index contributed by atoms with van der Waals surface area (Å²) >= 11 is 0. The molecule has 0 saturated heterocycles. The van der Waals surface area contributed by atoms with Gasteiger partial charge in [0, 0.05) is 0 Å². The number of ether oxygens (including phenoxy) is 1. The fourth-order valence-electron chi connectivity index (χ4n) is 1.52. The molecular formula is C14H20O2. The Morgan fingerprint density at radius 3 is 2.19 bits per heavy atom. The Kier molecular flexibility index (Phi) is 4.53. The molecule has 0 spiro atoms. The van der Waals surface area contributed by atoms with Crippen LogP contribution < -0.4 is 0 Å². The summed E-state index contributed by atoms with van der Waals surface area (Å²) in [5, 5.41) is 0. The van der Waals surface area contributed by atoms with E-state index in [0.717, 1.165) is 0 Å². The van der Waals surface area contributed by atoms with Gasteiger partial charge in [-0.15, -0.1) is 0 Å². The first kappa shape index (κ1) is 12.8. The van der Waals surface area contributed by atoms with Crippen molar-refractivity contribution >= 4 is 5.97 Å². The Bertz CT molecular complexity index is 338. The quantitative estimate of drug-likeness (QED) is 0.724. The van der Waals surface area contributed by atoms with Crippen molar-refractivity contribution in [2.45, 2.75) is 33.6 Å². The smallest absolute Gasteiger partial charge is 0.338 e. The molecule has 0 fully saturated rings. The van der Waals surface area contributed by atoms with E-state index in [9.17, 15) is 4.79 Å². The Hall–Kier alpha value is -1.31. The number of carbonyl (C=O) groups excluding carboxylic acids is 1. The van der Waals surface area contributed by atoms with Crippen LogP contribution in [0.3, 0.4) is 0 Å². The van der Waals surface area contributed by atoms with Gasteiger partial charge in [0.2, 0.25) is 0 Å². The topological polar surface area (TPSA) is 26.3 Å². The second-order valence-corrected chi connectivity index (χ2v) is 4.38. The molecule has 0 aliphatic carbocycles. The maximum absolute atomic E-state index is 11.4. The van der Waals surface area contributed by atoms with Crippen LogP contribution in [0.4, 0.5) is 0 Å². The summed E-state index contributed by atoms with van der Waals surface area (Å²) in [6, 6.07) is 7.70. The SMILES string of the molecule is CCOC(=O)c1ccc(C(C)C(C)C)cc1. The highest BCUT2D eigenvalue weighted by Crippen LogP contribution is 2.23. The van der Waals surface area contributed by atoms with Crippen molar-refractivity contribution < 1.29 is 9.53 Å². The van der Waals surface area contributed by atoms with Crippen LogP contribution in [0.15, 0.2) is 24.3 Å². The summed E-state index contributed by atoms with van der Waals surface area (Å²) in [5.41, 5.74) is 1.89. The zero-order valence-corrected chi connectivity index (χ0v) is 10.5. The van der Waals surface area contributed by atoms with Crippen LogP contribution in [0.25, 0.3) is 0 Å². The number of benzene rings is 1. The first-order valence-corrected chi connectivity index (χ1v) is 5.83. The van der Waals surface area contributed by atoms with Gasteiger partial charge in [0.15, 0.2) is 0 Å². The largest absolute Gasteiger partial charge is 0.462 e. The molecule has 0 aliphatic rings. The Labute approximate surface area is 97.6 Å². The first-order chi connectivity index (χ1) is 7.56. The van der Waals surface area contributed by atoms with E-state index >= 15 is 0 Å². The van der Waals surface area contributed by atoms with Crippen molar-refractivity contribution in [2.24, 2.45) is 5.92 Å². The highest BCUT2D eigenvalue weighted by atomic mass is 16.5. The second kappa shape index (κ2) is 5.69. The molecule has 2 nitrogen and oxygen atoms in total. The van der Waals surface area contributed by atoms with E-state index in [0.29, 0.717) is 24.0 Å². The molecule has 0 N–H and O–H groups in total. The highest BCUT2D eigenvalue weighted by molar-refractivity contribution is 5.89. The molecular weight excluding hydrogens is 200 g/mol. The molecule has 2 heteroatoms. The average Bonchev–Trinajstić information content (AvgIpc) is 2.28. The lowest BCUT2D eigenvalue weighted by atomic mass is 9.90. The minimum absolute atomic E-state index is 0.244. The average molecular weight is 220 g/mol. The van der Waals surface area contributed by atoms with E-state index in [1.807, 2.05) is 31.2 Å². The minimum Gasteiger partial charge on any atom is -0.462 e. The third-order valence-electron chi connectivity index (χ3n) is 2.95. The number of hydrogen-bond acceptors (Lipinski definition) is 2. The zero-order chi connectivity index (χ0) is 12.1. The second-order valence-electron chi connectivity index (χ2n) is 4.38. The van der Waals surface area contributed by atoms with E-state index in [4.69, 9.17) is 4.74 Å². The van der Waals surface area contributed by atoms with Gasteiger partial charge in [0.1, 0.15) is 0 Å². The van der Waals surface area contributed by atoms with Gasteiger partial charge >= 0.3 is 5.97 Å². The number of carbonyl (C=O) groups is 1. The van der Waals surface area contributed by atoms with Crippen LogP contribution >= 0.6 is 0 Å². The molecule has 0 aliphatic heterocycles. The molecule has 1 rings (SSSR count). The third kappa shape index (κ3) is 3.09. The molecule has 0 amide bonds. The normalized spacial score (nSPS) is 12.6. The zero-order valence-electron chi connectivity index (χ0n) is 10.5. The number of hydrogen-bond donors (Lipinski definition) is 0. The lowest BCUT2D eigenvalue weighted by molar-refractivity contribution is 0.0526. The molecule has 1 aromatic rings. The summed E-state index contributed by atoms with van der Waals surface area (Å²) in [4.78, 5) is 11.4. The lowest BCUT2D eigenvalue weighted by Crippen LogP contribution is -2.06. The van der Waals surface area contributed by atoms with Crippen molar-refractivity contribution in [1.29, 1.82) is 0 Å². The van der Waals surface area contributed by atoms with Gasteiger partial charge in [-0.3, -0.25) is 0 Å². The minimum atomic E-state index is -0.244. The van der Waals surface area contributed by atoms with Gasteiger partial charge < -0.3 is 4.74 Å². The van der Waals surface area contributed by atoms with Crippen LogP contribution in [-0.4, -0.2) is 12.6 Å². The molecule has 0 saturated carbocycles. The van der Waals surface area contributed by atoms with Gasteiger partial charge in [-0.2, -0.15) is 0 Å². The van der Waals surface area contributed by atoms with Crippen LogP contribution in [0, 0.1) is 5.92 Å². The first-order valence-electron chi connectivity index (χ1n) is 5.83. The molecule has 0 aromatic heterocycles. The summed E-state index contributed by atoms with van der Waals surface area (Å²) in [7, 11) is 0. The van der Waals surface area contributed by atoms with Gasteiger partial charge in [-0.1, -0.05) is 32.9 Å². The molecule has 1 unspecified atom stereocenters. The molecule has 88 valence electrons. The van der Waals surface area contributed by atoms with Crippen molar-refractivity contribution in [3.05, 3.63) is 35.4 Å². The van der Waals surface area contributed by atoms with E-state index in [-0.39, 0.29) is 5.97 Å². The summed E-state index contributed by atoms with van der Waals surface area (Å²) in [6.07, 6.45) is 0. The molecule has 1 aromatic carbocycles. The predicted molar refractivity (Wildman–Crippen MR) is 65.7 cm³/mol. The maximum atomic E-state index is 11.4. The van der Waals surface area contributed by atoms with Crippen molar-refractivity contribution in [2.75, 3.05) is 6.61 Å². The third-order valence-corrected chi connectivity index (χ3v) is 2.95. The summed E-state index contributed by atoms with van der Waals surface area (Å²) < 4.78 is 4.94. The standard InChI is InChI=1S/C14H20O2/c1-5-16-14(15)13-8-6-12(7-9-13)11(4)10(2)3/h6-11H,5H2,1-4H3. The monoisotopic (exact) mass is 220 g/mol. The molecule has 16 heavy (non-hydrogen) atoms. The van der Waals surface area contributed by atoms with E-state index < -0.39 is 0 Å². The van der Waals surface area contributed by atoms with Crippen molar-refractivity contribution in [1.82, 2.24) is 0 Å². The fourth-order valence-corrected chi connectivity index (χ4v) is 1.52. The van der Waals surface area contributed by atoms with E-state index in [1.165, 1.54) is 5.56 Å². The molecule has 0 bridgehead atoms. The predicted octanol–water partition coefficient (Wildman–Crippen LogP) is 3.62. The van der Waals surface area contributed by atoms with Gasteiger partial charge in [-0.05, 0) is 36.5 Å².